The number of hydrogen-bond acceptors (Lipinski definition) is 12. The Balaban J connectivity index is 3.32. The van der Waals surface area contributed by atoms with E-state index in [4.69, 9.17) is 33.2 Å². The van der Waals surface area contributed by atoms with E-state index in [-0.39, 0.29) is 13.2 Å². The van der Waals surface area contributed by atoms with Crippen LogP contribution in [-0.2, 0) is 57.1 Å². The highest BCUT2D eigenvalue weighted by atomic mass is 16.7. The van der Waals surface area contributed by atoms with Gasteiger partial charge in [0.1, 0.15) is 12.7 Å². The molecule has 1 saturated heterocycles. The molecule has 0 aromatic carbocycles. The van der Waals surface area contributed by atoms with Gasteiger partial charge in [-0.05, 0) is 13.8 Å². The van der Waals surface area contributed by atoms with Gasteiger partial charge in [0.05, 0.1) is 19.1 Å². The van der Waals surface area contributed by atoms with Crippen LogP contribution in [0.2, 0.25) is 0 Å². The summed E-state index contributed by atoms with van der Waals surface area (Å²) in [7, 11) is 1.22. The highest BCUT2D eigenvalue weighted by molar-refractivity contribution is 5.75. The summed E-state index contributed by atoms with van der Waals surface area (Å²) in [6, 6.07) is 0. The smallest absolute Gasteiger partial charge is 0.313 e. The van der Waals surface area contributed by atoms with E-state index in [2.05, 4.69) is 0 Å². The van der Waals surface area contributed by atoms with E-state index >= 15 is 0 Å². The average Bonchev–Trinajstić information content (AvgIpc) is 2.66. The molecule has 0 radical (unpaired) electrons. The van der Waals surface area contributed by atoms with Crippen LogP contribution in [0.5, 0.6) is 0 Å². The van der Waals surface area contributed by atoms with Gasteiger partial charge >= 0.3 is 29.8 Å². The van der Waals surface area contributed by atoms with Crippen molar-refractivity contribution in [3.63, 3.8) is 0 Å². The number of hydrogen-bond donors (Lipinski definition) is 0. The van der Waals surface area contributed by atoms with Crippen molar-refractivity contribution in [3.05, 3.63) is 0 Å². The molecule has 1 fully saturated rings. The fourth-order valence-corrected chi connectivity index (χ4v) is 2.95. The second-order valence-corrected chi connectivity index (χ2v) is 7.75. The predicted octanol–water partition coefficient (Wildman–Crippen LogP) is 0.285. The van der Waals surface area contributed by atoms with Gasteiger partial charge in [0.2, 0.25) is 0 Å². The quantitative estimate of drug-likeness (QED) is 0.342. The Morgan fingerprint density at radius 1 is 0.781 bits per heavy atom. The highest BCUT2D eigenvalue weighted by Crippen LogP contribution is 2.31. The minimum Gasteiger partial charge on any atom is -0.469 e. The lowest BCUT2D eigenvalue weighted by Gasteiger charge is -2.44. The number of esters is 5. The van der Waals surface area contributed by atoms with Crippen molar-refractivity contribution in [2.45, 2.75) is 72.2 Å². The summed E-state index contributed by atoms with van der Waals surface area (Å²) in [4.78, 5) is 58.5. The molecule has 0 aromatic heterocycles. The Morgan fingerprint density at radius 2 is 1.28 bits per heavy atom. The molecule has 5 atom stereocenters. The minimum atomic E-state index is -1.36. The van der Waals surface area contributed by atoms with Gasteiger partial charge in [0.25, 0.3) is 0 Å². The van der Waals surface area contributed by atoms with Gasteiger partial charge in [-0.3, -0.25) is 24.0 Å². The molecule has 3 unspecified atom stereocenters. The molecule has 0 aliphatic carbocycles. The maximum absolute atomic E-state index is 12.0. The number of rotatable bonds is 9. The molecule has 0 N–H and O–H groups in total. The zero-order chi connectivity index (χ0) is 24.6. The lowest BCUT2D eigenvalue weighted by atomic mass is 9.94. The molecule has 32 heavy (non-hydrogen) atoms. The van der Waals surface area contributed by atoms with Gasteiger partial charge < -0.3 is 33.2 Å². The predicted molar refractivity (Wildman–Crippen MR) is 104 cm³/mol. The van der Waals surface area contributed by atoms with Crippen LogP contribution in [0.4, 0.5) is 0 Å². The van der Waals surface area contributed by atoms with Crippen molar-refractivity contribution in [3.8, 4) is 0 Å². The lowest BCUT2D eigenvalue weighted by molar-refractivity contribution is -0.311. The van der Waals surface area contributed by atoms with E-state index in [1.54, 1.807) is 13.8 Å². The number of ether oxygens (including phenoxy) is 7. The second kappa shape index (κ2) is 11.8. The number of carbonyl (C=O) groups is 5. The molecule has 1 aliphatic heterocycles. The Bertz CT molecular complexity index is 715. The molecule has 0 bridgehead atoms. The van der Waals surface area contributed by atoms with E-state index < -0.39 is 66.0 Å². The van der Waals surface area contributed by atoms with Crippen molar-refractivity contribution in [2.24, 2.45) is 5.41 Å². The van der Waals surface area contributed by atoms with Crippen LogP contribution in [0, 0.1) is 5.41 Å². The van der Waals surface area contributed by atoms with Crippen molar-refractivity contribution in [2.75, 3.05) is 20.3 Å². The first-order valence-electron chi connectivity index (χ1n) is 9.79. The van der Waals surface area contributed by atoms with Crippen LogP contribution in [0.25, 0.3) is 0 Å². The second-order valence-electron chi connectivity index (χ2n) is 7.75. The molecule has 1 aliphatic rings. The average molecular weight is 462 g/mol. The Hall–Kier alpha value is -2.73. The van der Waals surface area contributed by atoms with Crippen molar-refractivity contribution in [1.29, 1.82) is 0 Å². The third kappa shape index (κ3) is 8.08. The van der Waals surface area contributed by atoms with Crippen LogP contribution in [-0.4, -0.2) is 80.9 Å². The summed E-state index contributed by atoms with van der Waals surface area (Å²) in [5.74, 6) is -3.45. The topological polar surface area (TPSA) is 150 Å². The fourth-order valence-electron chi connectivity index (χ4n) is 2.95. The molecule has 12 nitrogen and oxygen atoms in total. The summed E-state index contributed by atoms with van der Waals surface area (Å²) < 4.78 is 37.0. The van der Waals surface area contributed by atoms with Crippen LogP contribution in [0.3, 0.4) is 0 Å². The summed E-state index contributed by atoms with van der Waals surface area (Å²) in [5, 5.41) is 0. The normalized spacial score (nSPS) is 25.3. The van der Waals surface area contributed by atoms with Crippen molar-refractivity contribution < 1.29 is 57.1 Å². The third-order valence-electron chi connectivity index (χ3n) is 4.29. The molecule has 12 heteroatoms. The van der Waals surface area contributed by atoms with E-state index in [0.717, 1.165) is 20.8 Å². The van der Waals surface area contributed by atoms with Gasteiger partial charge in [0, 0.05) is 27.7 Å². The van der Waals surface area contributed by atoms with E-state index in [9.17, 15) is 24.0 Å². The SMILES string of the molecule is COC(=O)C(C)(C)CO[C@@H]1OC(COC(C)=O)[C@H](OC(C)=O)C(OC(C)=O)C1OC(C)=O. The molecule has 182 valence electrons. The molecular weight excluding hydrogens is 432 g/mol. The van der Waals surface area contributed by atoms with Gasteiger partial charge in [0.15, 0.2) is 24.6 Å². The monoisotopic (exact) mass is 462 g/mol. The molecule has 1 rings (SSSR count). The molecule has 1 heterocycles. The van der Waals surface area contributed by atoms with E-state index in [0.29, 0.717) is 0 Å². The third-order valence-corrected chi connectivity index (χ3v) is 4.29. The summed E-state index contributed by atoms with van der Waals surface area (Å²) in [6.45, 7) is 7.03. The van der Waals surface area contributed by atoms with Crippen LogP contribution in [0.1, 0.15) is 41.5 Å². The van der Waals surface area contributed by atoms with Crippen LogP contribution < -0.4 is 0 Å². The minimum absolute atomic E-state index is 0.229. The van der Waals surface area contributed by atoms with Crippen molar-refractivity contribution >= 4 is 29.8 Å². The summed E-state index contributed by atoms with van der Waals surface area (Å²) >= 11 is 0. The van der Waals surface area contributed by atoms with Gasteiger partial charge in [-0.1, -0.05) is 0 Å². The molecule has 0 aromatic rings. The van der Waals surface area contributed by atoms with Gasteiger partial charge in [-0.25, -0.2) is 0 Å². The lowest BCUT2D eigenvalue weighted by Crippen LogP contribution is -2.63. The van der Waals surface area contributed by atoms with Crippen LogP contribution >= 0.6 is 0 Å². The zero-order valence-corrected chi connectivity index (χ0v) is 19.2. The summed E-state index contributed by atoms with van der Waals surface area (Å²) in [6.07, 6.45) is -6.48. The van der Waals surface area contributed by atoms with Crippen LogP contribution in [0.15, 0.2) is 0 Å². The van der Waals surface area contributed by atoms with Gasteiger partial charge in [-0.2, -0.15) is 0 Å². The van der Waals surface area contributed by atoms with E-state index in [1.165, 1.54) is 14.0 Å². The number of methoxy groups -OCH3 is 1. The summed E-state index contributed by atoms with van der Waals surface area (Å²) in [5.41, 5.74) is -1.10. The molecule has 0 amide bonds. The first-order valence-corrected chi connectivity index (χ1v) is 9.79. The first-order chi connectivity index (χ1) is 14.8. The first kappa shape index (κ1) is 27.3. The van der Waals surface area contributed by atoms with E-state index in [1.807, 2.05) is 0 Å². The Labute approximate surface area is 185 Å². The molecule has 0 spiro atoms. The zero-order valence-electron chi connectivity index (χ0n) is 19.2. The fraction of sp³-hybridized carbons (Fsp3) is 0.750. The maximum atomic E-state index is 12.0. The molecule has 0 saturated carbocycles. The highest BCUT2D eigenvalue weighted by Gasteiger charge is 2.53. The van der Waals surface area contributed by atoms with Gasteiger partial charge in [-0.15, -0.1) is 0 Å². The Morgan fingerprint density at radius 3 is 1.75 bits per heavy atom. The standard InChI is InChI=1S/C20H30O12/c1-10(21)27-8-14-15(29-11(2)22)16(30-12(3)23)17(31-13(4)24)18(32-14)28-9-20(5,6)19(25)26-7/h14-18H,8-9H2,1-7H3/t14?,15-,16?,17?,18+/m0/s1. The van der Waals surface area contributed by atoms with Crippen molar-refractivity contribution in [1.82, 2.24) is 0 Å². The Kier molecular flexibility index (Phi) is 10.0. The maximum Gasteiger partial charge on any atom is 0.313 e. The number of carbonyl (C=O) groups excluding carboxylic acids is 5. The largest absolute Gasteiger partial charge is 0.469 e. The molecular formula is C20H30O12.